The van der Waals surface area contributed by atoms with E-state index in [2.05, 4.69) is 9.97 Å². The Hall–Kier alpha value is -2.83. The predicted octanol–water partition coefficient (Wildman–Crippen LogP) is 3.36. The van der Waals surface area contributed by atoms with E-state index in [1.54, 1.807) is 6.92 Å². The molecule has 0 aliphatic carbocycles. The summed E-state index contributed by atoms with van der Waals surface area (Å²) in [4.78, 5) is 19.2. The number of ketones is 1. The third-order valence-electron chi connectivity index (χ3n) is 3.70. The third kappa shape index (κ3) is 2.25. The average Bonchev–Trinajstić information content (AvgIpc) is 2.95. The lowest BCUT2D eigenvalue weighted by molar-refractivity contribution is 0.103. The number of carbonyl (C=O) groups excluding carboxylic acids is 1. The predicted molar refractivity (Wildman–Crippen MR) is 79.6 cm³/mol. The lowest BCUT2D eigenvalue weighted by Gasteiger charge is -2.07. The Morgan fingerprint density at radius 3 is 2.70 bits per heavy atom. The molecule has 0 bridgehead atoms. The van der Waals surface area contributed by atoms with Crippen molar-refractivity contribution in [2.45, 2.75) is 13.3 Å². The molecule has 0 saturated carbocycles. The van der Waals surface area contributed by atoms with Crippen molar-refractivity contribution in [3.63, 3.8) is 0 Å². The van der Waals surface area contributed by atoms with Crippen molar-refractivity contribution in [1.29, 1.82) is 0 Å². The highest BCUT2D eigenvalue weighted by atomic mass is 19.1. The van der Waals surface area contributed by atoms with Crippen LogP contribution >= 0.6 is 0 Å². The minimum Gasteiger partial charge on any atom is -0.396 e. The van der Waals surface area contributed by atoms with Crippen LogP contribution < -0.4 is 5.73 Å². The maximum Gasteiger partial charge on any atom is 0.201 e. The van der Waals surface area contributed by atoms with Crippen LogP contribution in [0.2, 0.25) is 0 Å². The minimum absolute atomic E-state index is 0.0488. The number of anilines is 1. The van der Waals surface area contributed by atoms with E-state index in [1.165, 1.54) is 6.20 Å². The molecular formula is C16H12F3N3O. The number of H-pyrrole nitrogens is 1. The Morgan fingerprint density at radius 2 is 2.00 bits per heavy atom. The van der Waals surface area contributed by atoms with Crippen LogP contribution in [0.25, 0.3) is 11.0 Å². The van der Waals surface area contributed by atoms with E-state index in [0.717, 1.165) is 18.3 Å². The van der Waals surface area contributed by atoms with E-state index in [0.29, 0.717) is 6.42 Å². The SMILES string of the molecule is CCc1c(F)cnc2[nH]cc(C(=O)c3c(F)ccc(N)c3F)c12. The second-order valence-corrected chi connectivity index (χ2v) is 5.02. The van der Waals surface area contributed by atoms with Gasteiger partial charge in [0, 0.05) is 17.1 Å². The van der Waals surface area contributed by atoms with E-state index in [9.17, 15) is 18.0 Å². The van der Waals surface area contributed by atoms with E-state index < -0.39 is 28.8 Å². The Kier molecular flexibility index (Phi) is 3.55. The molecule has 3 N–H and O–H groups in total. The standard InChI is InChI=1S/C16H12F3N3O/c1-2-7-10(18)6-22-16-12(7)8(5-21-16)15(23)13-9(17)3-4-11(20)14(13)19/h3-6H,2,20H2,1H3,(H,21,22). The largest absolute Gasteiger partial charge is 0.396 e. The molecule has 0 atom stereocenters. The van der Waals surface area contributed by atoms with Crippen molar-refractivity contribution in [1.82, 2.24) is 9.97 Å². The molecule has 0 radical (unpaired) electrons. The average molecular weight is 319 g/mol. The zero-order valence-electron chi connectivity index (χ0n) is 12.1. The summed E-state index contributed by atoms with van der Waals surface area (Å²) in [6, 6.07) is 1.95. The molecule has 0 saturated heterocycles. The van der Waals surface area contributed by atoms with Crippen LogP contribution in [0.1, 0.15) is 28.4 Å². The van der Waals surface area contributed by atoms with Crippen molar-refractivity contribution in [3.05, 3.63) is 58.7 Å². The summed E-state index contributed by atoms with van der Waals surface area (Å²) in [5.41, 5.74) is 4.77. The molecule has 0 amide bonds. The molecular weight excluding hydrogens is 307 g/mol. The van der Waals surface area contributed by atoms with Gasteiger partial charge in [-0.15, -0.1) is 0 Å². The van der Waals surface area contributed by atoms with Crippen LogP contribution in [0, 0.1) is 17.5 Å². The first-order valence-corrected chi connectivity index (χ1v) is 6.88. The monoisotopic (exact) mass is 319 g/mol. The van der Waals surface area contributed by atoms with Crippen molar-refractivity contribution in [2.24, 2.45) is 0 Å². The second kappa shape index (κ2) is 5.42. The maximum atomic E-state index is 14.1. The van der Waals surface area contributed by atoms with Gasteiger partial charge < -0.3 is 10.7 Å². The number of carbonyl (C=O) groups is 1. The Bertz CT molecular complexity index is 934. The van der Waals surface area contributed by atoms with Crippen LogP contribution in [0.15, 0.2) is 24.5 Å². The summed E-state index contributed by atoms with van der Waals surface area (Å²) < 4.78 is 41.9. The number of fused-ring (bicyclic) bond motifs is 1. The molecule has 0 spiro atoms. The molecule has 7 heteroatoms. The van der Waals surface area contributed by atoms with E-state index in [4.69, 9.17) is 5.73 Å². The van der Waals surface area contributed by atoms with Crippen molar-refractivity contribution < 1.29 is 18.0 Å². The first-order valence-electron chi connectivity index (χ1n) is 6.88. The zero-order valence-corrected chi connectivity index (χ0v) is 12.1. The Balaban J connectivity index is 2.28. The molecule has 0 unspecified atom stereocenters. The molecule has 0 aliphatic heterocycles. The quantitative estimate of drug-likeness (QED) is 0.574. The van der Waals surface area contributed by atoms with Gasteiger partial charge in [-0.25, -0.2) is 18.2 Å². The van der Waals surface area contributed by atoms with Gasteiger partial charge in [-0.3, -0.25) is 4.79 Å². The van der Waals surface area contributed by atoms with Crippen LogP contribution in [0.4, 0.5) is 18.9 Å². The molecule has 3 aromatic rings. The number of nitrogens with one attached hydrogen (secondary N) is 1. The summed E-state index contributed by atoms with van der Waals surface area (Å²) >= 11 is 0. The number of pyridine rings is 1. The molecule has 2 heterocycles. The van der Waals surface area contributed by atoms with Gasteiger partial charge in [0.1, 0.15) is 17.3 Å². The molecule has 2 aromatic heterocycles. The summed E-state index contributed by atoms with van der Waals surface area (Å²) in [5, 5.41) is 0.221. The lowest BCUT2D eigenvalue weighted by atomic mass is 9.98. The Labute approximate surface area is 129 Å². The summed E-state index contributed by atoms with van der Waals surface area (Å²) in [6.07, 6.45) is 2.60. The fourth-order valence-electron chi connectivity index (χ4n) is 2.57. The number of aryl methyl sites for hydroxylation is 1. The number of hydrogen-bond acceptors (Lipinski definition) is 3. The van der Waals surface area contributed by atoms with Crippen molar-refractivity contribution in [3.8, 4) is 0 Å². The van der Waals surface area contributed by atoms with Crippen LogP contribution in [0.5, 0.6) is 0 Å². The van der Waals surface area contributed by atoms with Gasteiger partial charge in [0.15, 0.2) is 5.82 Å². The van der Waals surface area contributed by atoms with Gasteiger partial charge in [0.25, 0.3) is 0 Å². The Morgan fingerprint density at radius 1 is 1.26 bits per heavy atom. The smallest absolute Gasteiger partial charge is 0.201 e. The van der Waals surface area contributed by atoms with E-state index >= 15 is 0 Å². The van der Waals surface area contributed by atoms with Gasteiger partial charge in [0.05, 0.1) is 23.0 Å². The molecule has 0 fully saturated rings. The normalized spacial score (nSPS) is 11.1. The van der Waals surface area contributed by atoms with E-state index in [1.807, 2.05) is 0 Å². The summed E-state index contributed by atoms with van der Waals surface area (Å²) in [5.74, 6) is -3.66. The molecule has 23 heavy (non-hydrogen) atoms. The first kappa shape index (κ1) is 15.1. The number of halogens is 3. The molecule has 0 aliphatic rings. The van der Waals surface area contributed by atoms with Crippen LogP contribution in [0.3, 0.4) is 0 Å². The maximum absolute atomic E-state index is 14.1. The van der Waals surface area contributed by atoms with Crippen molar-refractivity contribution in [2.75, 3.05) is 5.73 Å². The van der Waals surface area contributed by atoms with Crippen LogP contribution in [-0.2, 0) is 6.42 Å². The topological polar surface area (TPSA) is 71.8 Å². The fraction of sp³-hybridized carbons (Fsp3) is 0.125. The number of nitrogen functional groups attached to an aromatic ring is 1. The highest BCUT2D eigenvalue weighted by molar-refractivity contribution is 6.17. The number of nitrogens with two attached hydrogens (primary N) is 1. The highest BCUT2D eigenvalue weighted by Crippen LogP contribution is 2.28. The van der Waals surface area contributed by atoms with Crippen LogP contribution in [-0.4, -0.2) is 15.8 Å². The van der Waals surface area contributed by atoms with Gasteiger partial charge >= 0.3 is 0 Å². The van der Waals surface area contributed by atoms with Gasteiger partial charge in [-0.2, -0.15) is 0 Å². The summed E-state index contributed by atoms with van der Waals surface area (Å²) in [7, 11) is 0. The minimum atomic E-state index is -1.13. The van der Waals surface area contributed by atoms with Gasteiger partial charge in [-0.05, 0) is 18.6 Å². The molecule has 4 nitrogen and oxygen atoms in total. The van der Waals surface area contributed by atoms with Gasteiger partial charge in [-0.1, -0.05) is 6.92 Å². The van der Waals surface area contributed by atoms with E-state index in [-0.39, 0.29) is 27.8 Å². The number of rotatable bonds is 3. The number of nitrogens with zero attached hydrogens (tertiary/aromatic N) is 1. The van der Waals surface area contributed by atoms with Crippen molar-refractivity contribution >= 4 is 22.5 Å². The number of aromatic nitrogens is 2. The zero-order chi connectivity index (χ0) is 16.7. The fourth-order valence-corrected chi connectivity index (χ4v) is 2.57. The molecule has 118 valence electrons. The molecule has 1 aromatic carbocycles. The number of hydrogen-bond donors (Lipinski definition) is 2. The third-order valence-corrected chi connectivity index (χ3v) is 3.70. The first-order chi connectivity index (χ1) is 11.0. The highest BCUT2D eigenvalue weighted by Gasteiger charge is 2.25. The summed E-state index contributed by atoms with van der Waals surface area (Å²) in [6.45, 7) is 1.71. The number of benzene rings is 1. The lowest BCUT2D eigenvalue weighted by Crippen LogP contribution is -2.10. The second-order valence-electron chi connectivity index (χ2n) is 5.02. The molecule has 3 rings (SSSR count). The van der Waals surface area contributed by atoms with Gasteiger partial charge in [0.2, 0.25) is 5.78 Å². The number of aromatic amines is 1.